The van der Waals surface area contributed by atoms with Crippen LogP contribution in [0.25, 0.3) is 11.3 Å². The second kappa shape index (κ2) is 4.57. The van der Waals surface area contributed by atoms with E-state index in [1.54, 1.807) is 36.4 Å². The molecule has 1 aromatic carbocycles. The zero-order chi connectivity index (χ0) is 14.0. The number of anilines is 1. The first-order chi connectivity index (χ1) is 8.93. The Bertz CT molecular complexity index is 645. The number of aromatic nitrogens is 2. The zero-order valence-electron chi connectivity index (χ0n) is 9.44. The van der Waals surface area contributed by atoms with E-state index in [1.165, 1.54) is 0 Å². The second-order valence-electron chi connectivity index (χ2n) is 3.63. The SMILES string of the molecule is N#Cc1c(N)nc(C(F)(F)F)nc1-c1ccccc1. The van der Waals surface area contributed by atoms with Crippen molar-refractivity contribution in [1.29, 1.82) is 5.26 Å². The van der Waals surface area contributed by atoms with Crippen LogP contribution in [-0.4, -0.2) is 9.97 Å². The van der Waals surface area contributed by atoms with Crippen LogP contribution < -0.4 is 5.73 Å². The average Bonchev–Trinajstić information content (AvgIpc) is 2.37. The summed E-state index contributed by atoms with van der Waals surface area (Å²) in [6, 6.07) is 9.77. The first-order valence-corrected chi connectivity index (χ1v) is 5.13. The summed E-state index contributed by atoms with van der Waals surface area (Å²) in [6.45, 7) is 0. The highest BCUT2D eigenvalue weighted by Gasteiger charge is 2.36. The third-order valence-electron chi connectivity index (χ3n) is 2.35. The van der Waals surface area contributed by atoms with Crippen LogP contribution in [0, 0.1) is 11.3 Å². The Morgan fingerprint density at radius 1 is 1.11 bits per heavy atom. The van der Waals surface area contributed by atoms with Crippen molar-refractivity contribution in [2.75, 3.05) is 5.73 Å². The Hall–Kier alpha value is -2.62. The molecule has 1 heterocycles. The first-order valence-electron chi connectivity index (χ1n) is 5.13. The summed E-state index contributed by atoms with van der Waals surface area (Å²) in [7, 11) is 0. The molecule has 0 atom stereocenters. The Morgan fingerprint density at radius 3 is 2.26 bits per heavy atom. The van der Waals surface area contributed by atoms with E-state index in [0.717, 1.165) is 0 Å². The summed E-state index contributed by atoms with van der Waals surface area (Å²) in [5, 5.41) is 8.96. The fourth-order valence-corrected chi connectivity index (χ4v) is 1.52. The van der Waals surface area contributed by atoms with Crippen molar-refractivity contribution in [1.82, 2.24) is 9.97 Å². The van der Waals surface area contributed by atoms with Crippen LogP contribution in [0.2, 0.25) is 0 Å². The van der Waals surface area contributed by atoms with Crippen LogP contribution in [-0.2, 0) is 6.18 Å². The van der Waals surface area contributed by atoms with Crippen LogP contribution in [0.1, 0.15) is 11.4 Å². The molecule has 2 rings (SSSR count). The molecule has 0 fully saturated rings. The lowest BCUT2D eigenvalue weighted by atomic mass is 10.1. The van der Waals surface area contributed by atoms with Gasteiger partial charge in [-0.25, -0.2) is 9.97 Å². The van der Waals surface area contributed by atoms with Crippen LogP contribution in [0.4, 0.5) is 19.0 Å². The molecule has 19 heavy (non-hydrogen) atoms. The average molecular weight is 264 g/mol. The Balaban J connectivity index is 2.72. The molecule has 0 aliphatic rings. The lowest BCUT2D eigenvalue weighted by Gasteiger charge is -2.10. The van der Waals surface area contributed by atoms with Crippen LogP contribution in [0.5, 0.6) is 0 Å². The lowest BCUT2D eigenvalue weighted by molar-refractivity contribution is -0.144. The maximum atomic E-state index is 12.6. The standard InChI is InChI=1S/C12H7F3N4/c13-12(14,15)11-18-9(7-4-2-1-3-5-7)8(6-16)10(17)19-11/h1-5H,(H2,17,18,19). The highest BCUT2D eigenvalue weighted by Crippen LogP contribution is 2.31. The molecule has 2 aromatic rings. The molecular formula is C12H7F3N4. The number of nitrogen functional groups attached to an aromatic ring is 1. The van der Waals surface area contributed by atoms with E-state index < -0.39 is 17.8 Å². The predicted molar refractivity (Wildman–Crippen MR) is 61.6 cm³/mol. The number of halogens is 3. The lowest BCUT2D eigenvalue weighted by Crippen LogP contribution is -2.14. The molecule has 0 saturated carbocycles. The highest BCUT2D eigenvalue weighted by atomic mass is 19.4. The molecule has 0 bridgehead atoms. The van der Waals surface area contributed by atoms with Gasteiger partial charge < -0.3 is 5.73 Å². The molecule has 2 N–H and O–H groups in total. The van der Waals surface area contributed by atoms with Gasteiger partial charge in [0.1, 0.15) is 17.5 Å². The molecule has 0 radical (unpaired) electrons. The number of rotatable bonds is 1. The van der Waals surface area contributed by atoms with Crippen molar-refractivity contribution in [3.05, 3.63) is 41.7 Å². The van der Waals surface area contributed by atoms with Gasteiger partial charge in [0.15, 0.2) is 0 Å². The molecule has 0 spiro atoms. The smallest absolute Gasteiger partial charge is 0.382 e. The van der Waals surface area contributed by atoms with Gasteiger partial charge in [0.25, 0.3) is 0 Å². The molecule has 1 aromatic heterocycles. The van der Waals surface area contributed by atoms with Crippen molar-refractivity contribution in [3.63, 3.8) is 0 Å². The van der Waals surface area contributed by atoms with E-state index in [1.807, 2.05) is 0 Å². The zero-order valence-corrected chi connectivity index (χ0v) is 9.44. The Labute approximate surface area is 106 Å². The van der Waals surface area contributed by atoms with Gasteiger partial charge >= 0.3 is 6.18 Å². The van der Waals surface area contributed by atoms with Gasteiger partial charge in [-0.15, -0.1) is 0 Å². The Morgan fingerprint density at radius 2 is 1.74 bits per heavy atom. The van der Waals surface area contributed by atoms with E-state index in [-0.39, 0.29) is 11.3 Å². The number of benzene rings is 1. The molecule has 7 heteroatoms. The minimum Gasteiger partial charge on any atom is -0.382 e. The predicted octanol–water partition coefficient (Wildman–Crippen LogP) is 2.62. The van der Waals surface area contributed by atoms with Crippen LogP contribution in [0.3, 0.4) is 0 Å². The molecule has 0 amide bonds. The second-order valence-corrected chi connectivity index (χ2v) is 3.63. The molecule has 0 saturated heterocycles. The van der Waals surface area contributed by atoms with Crippen molar-refractivity contribution >= 4 is 5.82 Å². The van der Waals surface area contributed by atoms with E-state index in [9.17, 15) is 13.2 Å². The molecule has 96 valence electrons. The normalized spacial score (nSPS) is 11.1. The molecular weight excluding hydrogens is 257 g/mol. The monoisotopic (exact) mass is 264 g/mol. The van der Waals surface area contributed by atoms with Gasteiger partial charge in [-0.3, -0.25) is 0 Å². The van der Waals surface area contributed by atoms with Gasteiger partial charge in [-0.2, -0.15) is 18.4 Å². The van der Waals surface area contributed by atoms with Crippen molar-refractivity contribution in [2.24, 2.45) is 0 Å². The summed E-state index contributed by atoms with van der Waals surface area (Å²) >= 11 is 0. The van der Waals surface area contributed by atoms with E-state index in [2.05, 4.69) is 9.97 Å². The number of hydrogen-bond donors (Lipinski definition) is 1. The van der Waals surface area contributed by atoms with Crippen LogP contribution in [0.15, 0.2) is 30.3 Å². The summed E-state index contributed by atoms with van der Waals surface area (Å²) < 4.78 is 37.9. The maximum Gasteiger partial charge on any atom is 0.451 e. The number of nitrogens with two attached hydrogens (primary N) is 1. The van der Waals surface area contributed by atoms with Gasteiger partial charge in [0.05, 0.1) is 5.69 Å². The van der Waals surface area contributed by atoms with E-state index in [4.69, 9.17) is 11.0 Å². The molecule has 0 unspecified atom stereocenters. The first kappa shape index (κ1) is 12.8. The number of alkyl halides is 3. The summed E-state index contributed by atoms with van der Waals surface area (Å²) in [5.74, 6) is -1.84. The largest absolute Gasteiger partial charge is 0.451 e. The molecule has 0 aliphatic carbocycles. The number of hydrogen-bond acceptors (Lipinski definition) is 4. The van der Waals surface area contributed by atoms with Gasteiger partial charge in [0, 0.05) is 5.56 Å². The third-order valence-corrected chi connectivity index (χ3v) is 2.35. The Kier molecular flexibility index (Phi) is 3.09. The third kappa shape index (κ3) is 2.47. The van der Waals surface area contributed by atoms with Crippen molar-refractivity contribution in [2.45, 2.75) is 6.18 Å². The topological polar surface area (TPSA) is 75.6 Å². The molecule has 0 aliphatic heterocycles. The number of nitriles is 1. The summed E-state index contributed by atoms with van der Waals surface area (Å²) in [6.07, 6.45) is -4.72. The fraction of sp³-hybridized carbons (Fsp3) is 0.0833. The minimum atomic E-state index is -4.72. The fourth-order valence-electron chi connectivity index (χ4n) is 1.52. The van der Waals surface area contributed by atoms with Gasteiger partial charge in [0.2, 0.25) is 5.82 Å². The van der Waals surface area contributed by atoms with Crippen molar-refractivity contribution in [3.8, 4) is 17.3 Å². The van der Waals surface area contributed by atoms with Crippen molar-refractivity contribution < 1.29 is 13.2 Å². The van der Waals surface area contributed by atoms with Gasteiger partial charge in [-0.1, -0.05) is 30.3 Å². The van der Waals surface area contributed by atoms with E-state index in [0.29, 0.717) is 5.56 Å². The van der Waals surface area contributed by atoms with E-state index >= 15 is 0 Å². The maximum absolute atomic E-state index is 12.6. The summed E-state index contributed by atoms with van der Waals surface area (Å²) in [4.78, 5) is 6.53. The minimum absolute atomic E-state index is 0.122. The summed E-state index contributed by atoms with van der Waals surface area (Å²) in [5.41, 5.74) is 5.48. The van der Waals surface area contributed by atoms with Crippen LogP contribution >= 0.6 is 0 Å². The number of nitrogens with zero attached hydrogens (tertiary/aromatic N) is 3. The highest BCUT2D eigenvalue weighted by molar-refractivity contribution is 5.71. The molecule has 4 nitrogen and oxygen atoms in total. The van der Waals surface area contributed by atoms with Gasteiger partial charge in [-0.05, 0) is 0 Å². The quantitative estimate of drug-likeness (QED) is 0.859.